The first-order chi connectivity index (χ1) is 11.3. The minimum Gasteiger partial charge on any atom is -0.356 e. The van der Waals surface area contributed by atoms with Crippen molar-refractivity contribution >= 4 is 15.9 Å². The van der Waals surface area contributed by atoms with Crippen LogP contribution in [0.2, 0.25) is 0 Å². The molecule has 0 aliphatic carbocycles. The largest absolute Gasteiger partial charge is 0.356 e. The van der Waals surface area contributed by atoms with Crippen molar-refractivity contribution < 1.29 is 13.2 Å². The molecule has 0 bridgehead atoms. The molecule has 1 rings (SSSR count). The van der Waals surface area contributed by atoms with E-state index in [1.807, 2.05) is 0 Å². The molecular formula is C18H30N2O3S. The van der Waals surface area contributed by atoms with Gasteiger partial charge in [0.25, 0.3) is 0 Å². The molecule has 0 unspecified atom stereocenters. The highest BCUT2D eigenvalue weighted by molar-refractivity contribution is 7.89. The number of carbonyl (C=O) groups is 1. The third-order valence-electron chi connectivity index (χ3n) is 3.92. The Morgan fingerprint density at radius 2 is 1.71 bits per heavy atom. The zero-order valence-corrected chi connectivity index (χ0v) is 15.6. The van der Waals surface area contributed by atoms with Crippen LogP contribution in [0.15, 0.2) is 29.2 Å². The first kappa shape index (κ1) is 20.6. The van der Waals surface area contributed by atoms with Crippen LogP contribution < -0.4 is 10.5 Å². The van der Waals surface area contributed by atoms with Crippen LogP contribution in [0.25, 0.3) is 0 Å². The SMILES string of the molecule is CC(C)CCCCCCNC(=O)CCc1ccc(S(N)(=O)=O)cc1. The highest BCUT2D eigenvalue weighted by atomic mass is 32.2. The molecule has 3 N–H and O–H groups in total. The molecule has 0 aromatic heterocycles. The third-order valence-corrected chi connectivity index (χ3v) is 4.85. The Bertz CT molecular complexity index is 595. The maximum Gasteiger partial charge on any atom is 0.238 e. The summed E-state index contributed by atoms with van der Waals surface area (Å²) in [6.07, 6.45) is 6.93. The van der Waals surface area contributed by atoms with Crippen LogP contribution in [0.5, 0.6) is 0 Å². The topological polar surface area (TPSA) is 89.3 Å². The van der Waals surface area contributed by atoms with Crippen molar-refractivity contribution in [1.82, 2.24) is 5.32 Å². The number of rotatable bonds is 11. The zero-order chi connectivity index (χ0) is 18.0. The van der Waals surface area contributed by atoms with Gasteiger partial charge in [-0.05, 0) is 36.5 Å². The number of primary sulfonamides is 1. The predicted octanol–water partition coefficient (Wildman–Crippen LogP) is 2.99. The number of nitrogens with two attached hydrogens (primary N) is 1. The van der Waals surface area contributed by atoms with Crippen molar-refractivity contribution in [2.75, 3.05) is 6.54 Å². The molecule has 1 aromatic rings. The number of amides is 1. The molecule has 5 nitrogen and oxygen atoms in total. The van der Waals surface area contributed by atoms with Gasteiger partial charge in [-0.2, -0.15) is 0 Å². The molecule has 0 aliphatic heterocycles. The van der Waals surface area contributed by atoms with E-state index in [2.05, 4.69) is 19.2 Å². The second kappa shape index (κ2) is 10.5. The van der Waals surface area contributed by atoms with Gasteiger partial charge in [0, 0.05) is 13.0 Å². The lowest BCUT2D eigenvalue weighted by Gasteiger charge is -2.07. The Morgan fingerprint density at radius 3 is 2.29 bits per heavy atom. The highest BCUT2D eigenvalue weighted by Gasteiger charge is 2.07. The van der Waals surface area contributed by atoms with Crippen LogP contribution in [0.4, 0.5) is 0 Å². The van der Waals surface area contributed by atoms with Crippen molar-refractivity contribution in [3.8, 4) is 0 Å². The van der Waals surface area contributed by atoms with Crippen molar-refractivity contribution in [2.24, 2.45) is 11.1 Å². The molecule has 0 saturated heterocycles. The first-order valence-electron chi connectivity index (χ1n) is 8.67. The quantitative estimate of drug-likeness (QED) is 0.599. The lowest BCUT2D eigenvalue weighted by molar-refractivity contribution is -0.121. The summed E-state index contributed by atoms with van der Waals surface area (Å²) in [5, 5.41) is 7.98. The second-order valence-electron chi connectivity index (χ2n) is 6.64. The number of hydrogen-bond donors (Lipinski definition) is 2. The van der Waals surface area contributed by atoms with Gasteiger partial charge in [0.2, 0.25) is 15.9 Å². The van der Waals surface area contributed by atoms with Gasteiger partial charge in [-0.25, -0.2) is 13.6 Å². The van der Waals surface area contributed by atoms with Crippen molar-refractivity contribution in [1.29, 1.82) is 0 Å². The van der Waals surface area contributed by atoms with E-state index in [4.69, 9.17) is 5.14 Å². The van der Waals surface area contributed by atoms with Gasteiger partial charge in [-0.3, -0.25) is 4.79 Å². The van der Waals surface area contributed by atoms with Crippen LogP contribution in [-0.2, 0) is 21.2 Å². The third kappa shape index (κ3) is 9.03. The van der Waals surface area contributed by atoms with E-state index >= 15 is 0 Å². The highest BCUT2D eigenvalue weighted by Crippen LogP contribution is 2.11. The summed E-state index contributed by atoms with van der Waals surface area (Å²) in [5.41, 5.74) is 0.922. The number of unbranched alkanes of at least 4 members (excludes halogenated alkanes) is 3. The van der Waals surface area contributed by atoms with E-state index < -0.39 is 10.0 Å². The van der Waals surface area contributed by atoms with Gasteiger partial charge >= 0.3 is 0 Å². The molecule has 0 saturated carbocycles. The molecular weight excluding hydrogens is 324 g/mol. The molecule has 0 heterocycles. The summed E-state index contributed by atoms with van der Waals surface area (Å²) in [6, 6.07) is 6.34. The molecule has 0 atom stereocenters. The number of sulfonamides is 1. The van der Waals surface area contributed by atoms with Gasteiger partial charge in [0.15, 0.2) is 0 Å². The second-order valence-corrected chi connectivity index (χ2v) is 8.20. The van der Waals surface area contributed by atoms with E-state index in [-0.39, 0.29) is 10.8 Å². The summed E-state index contributed by atoms with van der Waals surface area (Å²) in [5.74, 6) is 0.802. The van der Waals surface area contributed by atoms with Crippen molar-refractivity contribution in [3.63, 3.8) is 0 Å². The normalized spacial score (nSPS) is 11.7. The van der Waals surface area contributed by atoms with Crippen LogP contribution >= 0.6 is 0 Å². The Balaban J connectivity index is 2.15. The van der Waals surface area contributed by atoms with Gasteiger partial charge < -0.3 is 5.32 Å². The summed E-state index contributed by atoms with van der Waals surface area (Å²) in [6.45, 7) is 5.20. The van der Waals surface area contributed by atoms with E-state index in [0.29, 0.717) is 12.8 Å². The zero-order valence-electron chi connectivity index (χ0n) is 14.8. The number of carbonyl (C=O) groups excluding carboxylic acids is 1. The fourth-order valence-electron chi connectivity index (χ4n) is 2.45. The monoisotopic (exact) mass is 354 g/mol. The lowest BCUT2D eigenvalue weighted by atomic mass is 10.0. The average molecular weight is 355 g/mol. The molecule has 24 heavy (non-hydrogen) atoms. The molecule has 0 radical (unpaired) electrons. The average Bonchev–Trinajstić information content (AvgIpc) is 2.51. The number of aryl methyl sites for hydroxylation is 1. The molecule has 1 amide bonds. The summed E-state index contributed by atoms with van der Waals surface area (Å²) in [4.78, 5) is 11.9. The van der Waals surface area contributed by atoms with Gasteiger partial charge in [0.05, 0.1) is 4.90 Å². The molecule has 0 fully saturated rings. The van der Waals surface area contributed by atoms with Gasteiger partial charge in [-0.1, -0.05) is 51.7 Å². The Morgan fingerprint density at radius 1 is 1.08 bits per heavy atom. The molecule has 0 spiro atoms. The Hall–Kier alpha value is -1.40. The standard InChI is InChI=1S/C18H30N2O3S/c1-15(2)7-5-3-4-6-14-20-18(21)13-10-16-8-11-17(12-9-16)24(19,22)23/h8-9,11-12,15H,3-7,10,13-14H2,1-2H3,(H,20,21)(H2,19,22,23). The molecule has 136 valence electrons. The minimum atomic E-state index is -3.66. The van der Waals surface area contributed by atoms with Crippen molar-refractivity contribution in [3.05, 3.63) is 29.8 Å². The van der Waals surface area contributed by atoms with Gasteiger partial charge in [-0.15, -0.1) is 0 Å². The molecule has 1 aromatic carbocycles. The maximum absolute atomic E-state index is 11.8. The number of hydrogen-bond acceptors (Lipinski definition) is 3. The fourth-order valence-corrected chi connectivity index (χ4v) is 2.97. The summed E-state index contributed by atoms with van der Waals surface area (Å²) in [7, 11) is -3.66. The minimum absolute atomic E-state index is 0.0349. The van der Waals surface area contributed by atoms with Crippen LogP contribution in [0.1, 0.15) is 57.9 Å². The number of nitrogens with one attached hydrogen (secondary N) is 1. The van der Waals surface area contributed by atoms with Crippen LogP contribution in [0, 0.1) is 5.92 Å². The van der Waals surface area contributed by atoms with E-state index in [0.717, 1.165) is 30.9 Å². The molecule has 0 aliphatic rings. The lowest BCUT2D eigenvalue weighted by Crippen LogP contribution is -2.24. The van der Waals surface area contributed by atoms with Crippen molar-refractivity contribution in [2.45, 2.75) is 63.7 Å². The first-order valence-corrected chi connectivity index (χ1v) is 10.2. The van der Waals surface area contributed by atoms with Crippen LogP contribution in [-0.4, -0.2) is 20.9 Å². The summed E-state index contributed by atoms with van der Waals surface area (Å²) >= 11 is 0. The van der Waals surface area contributed by atoms with Gasteiger partial charge in [0.1, 0.15) is 0 Å². The Labute approximate surface area is 146 Å². The number of benzene rings is 1. The van der Waals surface area contributed by atoms with E-state index in [1.165, 1.54) is 31.4 Å². The smallest absolute Gasteiger partial charge is 0.238 e. The molecule has 6 heteroatoms. The fraction of sp³-hybridized carbons (Fsp3) is 0.611. The maximum atomic E-state index is 11.8. The Kier molecular flexibility index (Phi) is 9.00. The predicted molar refractivity (Wildman–Crippen MR) is 97.1 cm³/mol. The van der Waals surface area contributed by atoms with E-state index in [1.54, 1.807) is 12.1 Å². The van der Waals surface area contributed by atoms with E-state index in [9.17, 15) is 13.2 Å². The summed E-state index contributed by atoms with van der Waals surface area (Å²) < 4.78 is 22.3. The van der Waals surface area contributed by atoms with Crippen LogP contribution in [0.3, 0.4) is 0 Å².